The van der Waals surface area contributed by atoms with Crippen LogP contribution in [-0.4, -0.2) is 0 Å². The number of hydrogen-bond acceptors (Lipinski definition) is 3. The predicted molar refractivity (Wildman–Crippen MR) is 74.6 cm³/mol. The number of rotatable bonds is 3. The van der Waals surface area contributed by atoms with Crippen LogP contribution < -0.4 is 11.3 Å². The van der Waals surface area contributed by atoms with E-state index in [-0.39, 0.29) is 5.56 Å². The summed E-state index contributed by atoms with van der Waals surface area (Å²) >= 11 is 7.38. The lowest BCUT2D eigenvalue weighted by molar-refractivity contribution is -0.140. The molecule has 0 amide bonds. The van der Waals surface area contributed by atoms with E-state index in [4.69, 9.17) is 17.4 Å². The molecule has 2 aromatic rings. The fourth-order valence-electron chi connectivity index (χ4n) is 1.91. The van der Waals surface area contributed by atoms with Gasteiger partial charge < -0.3 is 0 Å². The molecule has 0 aliphatic heterocycles. The number of hydrazine groups is 1. The minimum absolute atomic E-state index is 0.190. The summed E-state index contributed by atoms with van der Waals surface area (Å²) in [5.74, 6) is 4.11. The summed E-state index contributed by atoms with van der Waals surface area (Å²) in [4.78, 5) is 0.580. The average molecular weight is 339 g/mol. The van der Waals surface area contributed by atoms with Crippen LogP contribution in [0, 0.1) is 12.7 Å². The van der Waals surface area contributed by atoms with Crippen molar-refractivity contribution in [3.8, 4) is 0 Å². The summed E-state index contributed by atoms with van der Waals surface area (Å²) in [5.41, 5.74) is 2.08. The van der Waals surface area contributed by atoms with Crippen LogP contribution in [0.25, 0.3) is 0 Å². The van der Waals surface area contributed by atoms with Gasteiger partial charge in [-0.15, -0.1) is 11.3 Å². The van der Waals surface area contributed by atoms with Crippen LogP contribution in [0.1, 0.15) is 27.6 Å². The Kier molecular flexibility index (Phi) is 4.57. The Morgan fingerprint density at radius 2 is 2.00 bits per heavy atom. The Morgan fingerprint density at radius 3 is 2.48 bits per heavy atom. The molecule has 1 heterocycles. The fourth-order valence-corrected chi connectivity index (χ4v) is 3.30. The Labute approximate surface area is 127 Å². The van der Waals surface area contributed by atoms with Gasteiger partial charge in [-0.25, -0.2) is 9.82 Å². The number of nitrogens with one attached hydrogen (secondary N) is 1. The van der Waals surface area contributed by atoms with Crippen LogP contribution in [0.15, 0.2) is 23.6 Å². The molecule has 0 spiro atoms. The van der Waals surface area contributed by atoms with Gasteiger partial charge in [-0.2, -0.15) is 13.2 Å². The monoisotopic (exact) mass is 338 g/mol. The number of halogens is 5. The molecule has 0 aliphatic carbocycles. The molecule has 1 unspecified atom stereocenters. The standard InChI is InChI=1S/C13H11ClF4N2S/c1-6-5-21-12(10(6)14)11(20-19)7-2-3-9(15)8(4-7)13(16,17)18/h2-5,11,20H,19H2,1H3. The van der Waals surface area contributed by atoms with Crippen LogP contribution in [0.4, 0.5) is 17.6 Å². The van der Waals surface area contributed by atoms with Crippen LogP contribution in [0.5, 0.6) is 0 Å². The van der Waals surface area contributed by atoms with Gasteiger partial charge in [0.25, 0.3) is 0 Å². The second-order valence-corrected chi connectivity index (χ2v) is 5.72. The lowest BCUT2D eigenvalue weighted by atomic mass is 10.0. The van der Waals surface area contributed by atoms with E-state index >= 15 is 0 Å². The van der Waals surface area contributed by atoms with Crippen LogP contribution in [0.3, 0.4) is 0 Å². The molecule has 0 aliphatic rings. The van der Waals surface area contributed by atoms with Crippen molar-refractivity contribution in [3.63, 3.8) is 0 Å². The molecule has 2 nitrogen and oxygen atoms in total. The van der Waals surface area contributed by atoms with Gasteiger partial charge in [-0.1, -0.05) is 17.7 Å². The lowest BCUT2D eigenvalue weighted by Gasteiger charge is -2.18. The highest BCUT2D eigenvalue weighted by Crippen LogP contribution is 2.38. The zero-order valence-corrected chi connectivity index (χ0v) is 12.3. The molecule has 3 N–H and O–H groups in total. The van der Waals surface area contributed by atoms with Crippen LogP contribution in [-0.2, 0) is 6.18 Å². The molecule has 1 aromatic carbocycles. The van der Waals surface area contributed by atoms with Crippen molar-refractivity contribution in [1.29, 1.82) is 0 Å². The van der Waals surface area contributed by atoms with Crippen molar-refractivity contribution < 1.29 is 17.6 Å². The van der Waals surface area contributed by atoms with E-state index in [0.717, 1.165) is 17.7 Å². The third-order valence-corrected chi connectivity index (χ3v) is 4.76. The highest BCUT2D eigenvalue weighted by molar-refractivity contribution is 7.10. The largest absolute Gasteiger partial charge is 0.419 e. The number of hydrogen-bond donors (Lipinski definition) is 2. The summed E-state index contributed by atoms with van der Waals surface area (Å²) in [5, 5.41) is 2.21. The van der Waals surface area contributed by atoms with Gasteiger partial charge in [0.2, 0.25) is 0 Å². The number of nitrogens with two attached hydrogens (primary N) is 1. The van der Waals surface area contributed by atoms with E-state index in [9.17, 15) is 17.6 Å². The van der Waals surface area contributed by atoms with Gasteiger partial charge in [0.05, 0.1) is 16.6 Å². The smallest absolute Gasteiger partial charge is 0.271 e. The number of thiophene rings is 1. The van der Waals surface area contributed by atoms with E-state index in [0.29, 0.717) is 9.90 Å². The molecular weight excluding hydrogens is 328 g/mol. The molecule has 0 fully saturated rings. The first-order valence-corrected chi connectivity index (χ1v) is 7.07. The third kappa shape index (κ3) is 3.21. The molecule has 0 saturated heterocycles. The highest BCUT2D eigenvalue weighted by Gasteiger charge is 2.35. The second-order valence-electron chi connectivity index (χ2n) is 4.43. The van der Waals surface area contributed by atoms with Gasteiger partial charge >= 0.3 is 6.18 Å². The van der Waals surface area contributed by atoms with Gasteiger partial charge in [0, 0.05) is 4.88 Å². The molecule has 2 rings (SSSR count). The topological polar surface area (TPSA) is 38.0 Å². The fraction of sp³-hybridized carbons (Fsp3) is 0.231. The maximum absolute atomic E-state index is 13.3. The molecule has 0 saturated carbocycles. The Bertz CT molecular complexity index is 654. The van der Waals surface area contributed by atoms with E-state index in [2.05, 4.69) is 5.43 Å². The number of alkyl halides is 3. The molecule has 8 heteroatoms. The van der Waals surface area contributed by atoms with E-state index in [1.165, 1.54) is 17.4 Å². The van der Waals surface area contributed by atoms with Crippen molar-refractivity contribution >= 4 is 22.9 Å². The zero-order valence-electron chi connectivity index (χ0n) is 10.8. The third-order valence-electron chi connectivity index (χ3n) is 2.98. The molecule has 1 atom stereocenters. The summed E-state index contributed by atoms with van der Waals surface area (Å²) in [7, 11) is 0. The maximum Gasteiger partial charge on any atom is 0.419 e. The van der Waals surface area contributed by atoms with Gasteiger partial charge in [-0.05, 0) is 35.6 Å². The molecule has 0 radical (unpaired) electrons. The minimum Gasteiger partial charge on any atom is -0.271 e. The SMILES string of the molecule is Cc1csc(C(NN)c2ccc(F)c(C(F)(F)F)c2)c1Cl. The Balaban J connectivity index is 2.51. The molecular formula is C13H11ClF4N2S. The lowest BCUT2D eigenvalue weighted by Crippen LogP contribution is -2.28. The van der Waals surface area contributed by atoms with E-state index < -0.39 is 23.6 Å². The quantitative estimate of drug-likeness (QED) is 0.494. The van der Waals surface area contributed by atoms with E-state index in [1.54, 1.807) is 12.3 Å². The predicted octanol–water partition coefficient (Wildman–Crippen LogP) is 4.42. The van der Waals surface area contributed by atoms with Crippen molar-refractivity contribution in [1.82, 2.24) is 5.43 Å². The van der Waals surface area contributed by atoms with Gasteiger partial charge in [-0.3, -0.25) is 5.84 Å². The summed E-state index contributed by atoms with van der Waals surface area (Å²) in [6, 6.07) is 2.03. The van der Waals surface area contributed by atoms with Crippen molar-refractivity contribution in [2.45, 2.75) is 19.1 Å². The van der Waals surface area contributed by atoms with Crippen LogP contribution in [0.2, 0.25) is 5.02 Å². The molecule has 0 bridgehead atoms. The molecule has 1 aromatic heterocycles. The maximum atomic E-state index is 13.3. The zero-order chi connectivity index (χ0) is 15.8. The summed E-state index contributed by atoms with van der Waals surface area (Å²) in [6.45, 7) is 1.78. The first-order chi connectivity index (χ1) is 9.75. The number of benzene rings is 1. The molecule has 21 heavy (non-hydrogen) atoms. The van der Waals surface area contributed by atoms with Crippen molar-refractivity contribution in [2.75, 3.05) is 0 Å². The highest BCUT2D eigenvalue weighted by atomic mass is 35.5. The van der Waals surface area contributed by atoms with Gasteiger partial charge in [0.15, 0.2) is 0 Å². The number of aryl methyl sites for hydroxylation is 1. The van der Waals surface area contributed by atoms with Crippen molar-refractivity contribution in [3.05, 3.63) is 56.0 Å². The molecule has 114 valence electrons. The van der Waals surface area contributed by atoms with Crippen LogP contribution >= 0.6 is 22.9 Å². The Hall–Kier alpha value is -1.15. The van der Waals surface area contributed by atoms with E-state index in [1.807, 2.05) is 0 Å². The van der Waals surface area contributed by atoms with Crippen molar-refractivity contribution in [2.24, 2.45) is 5.84 Å². The minimum atomic E-state index is -4.77. The first-order valence-electron chi connectivity index (χ1n) is 5.82. The summed E-state index contributed by atoms with van der Waals surface area (Å²) in [6.07, 6.45) is -4.77. The average Bonchev–Trinajstić information content (AvgIpc) is 2.72. The second kappa shape index (κ2) is 5.92. The van der Waals surface area contributed by atoms with Gasteiger partial charge in [0.1, 0.15) is 5.82 Å². The normalized spacial score (nSPS) is 13.5. The first kappa shape index (κ1) is 16.2. The summed E-state index contributed by atoms with van der Waals surface area (Å²) < 4.78 is 51.6. The Morgan fingerprint density at radius 1 is 1.33 bits per heavy atom.